The number of hydrogen-bond acceptors (Lipinski definition) is 4. The Morgan fingerprint density at radius 1 is 0.914 bits per heavy atom. The molecular formula is C24H28F6N2O3. The third-order valence-corrected chi connectivity index (χ3v) is 4.80. The predicted octanol–water partition coefficient (Wildman–Crippen LogP) is 5.31. The van der Waals surface area contributed by atoms with Gasteiger partial charge in [0, 0.05) is 13.1 Å². The summed E-state index contributed by atoms with van der Waals surface area (Å²) in [5.41, 5.74) is -3.08. The van der Waals surface area contributed by atoms with Gasteiger partial charge in [-0.2, -0.15) is 26.3 Å². The van der Waals surface area contributed by atoms with E-state index in [0.717, 1.165) is 5.56 Å². The predicted molar refractivity (Wildman–Crippen MR) is 117 cm³/mol. The number of halogens is 6. The smallest absolute Gasteiger partial charge is 0.416 e. The first kappa shape index (κ1) is 28.4. The average molecular weight is 506 g/mol. The van der Waals surface area contributed by atoms with Crippen molar-refractivity contribution in [1.82, 2.24) is 10.6 Å². The number of alkyl halides is 6. The van der Waals surface area contributed by atoms with Gasteiger partial charge in [0.05, 0.1) is 23.3 Å². The van der Waals surface area contributed by atoms with Crippen LogP contribution in [0.1, 0.15) is 43.0 Å². The quantitative estimate of drug-likeness (QED) is 0.425. The summed E-state index contributed by atoms with van der Waals surface area (Å²) < 4.78 is 83.6. The highest BCUT2D eigenvalue weighted by Crippen LogP contribution is 2.36. The lowest BCUT2D eigenvalue weighted by molar-refractivity contribution is -0.143. The first-order chi connectivity index (χ1) is 16.0. The number of carbonyl (C=O) groups is 1. The molecular weight excluding hydrogens is 478 g/mol. The summed E-state index contributed by atoms with van der Waals surface area (Å²) >= 11 is 0. The molecule has 5 nitrogen and oxygen atoms in total. The maximum atomic E-state index is 13.1. The van der Waals surface area contributed by atoms with Crippen molar-refractivity contribution >= 4 is 6.09 Å². The largest absolute Gasteiger partial charge is 0.444 e. The van der Waals surface area contributed by atoms with Gasteiger partial charge in [0.25, 0.3) is 0 Å². The van der Waals surface area contributed by atoms with Crippen LogP contribution in [0.4, 0.5) is 31.1 Å². The summed E-state index contributed by atoms with van der Waals surface area (Å²) in [5.74, 6) is 0. The van der Waals surface area contributed by atoms with E-state index < -0.39 is 47.3 Å². The van der Waals surface area contributed by atoms with Gasteiger partial charge in [0.15, 0.2) is 0 Å². The molecule has 2 aromatic rings. The highest BCUT2D eigenvalue weighted by molar-refractivity contribution is 5.68. The zero-order valence-electron chi connectivity index (χ0n) is 19.4. The van der Waals surface area contributed by atoms with Gasteiger partial charge in [-0.05, 0) is 56.5 Å². The first-order valence-electron chi connectivity index (χ1n) is 10.7. The zero-order valence-corrected chi connectivity index (χ0v) is 19.4. The number of aliphatic hydroxyl groups is 1. The number of rotatable bonds is 8. The van der Waals surface area contributed by atoms with Crippen molar-refractivity contribution in [2.75, 3.05) is 6.54 Å². The van der Waals surface area contributed by atoms with Crippen molar-refractivity contribution in [2.24, 2.45) is 0 Å². The average Bonchev–Trinajstić information content (AvgIpc) is 2.71. The molecule has 0 aliphatic rings. The maximum Gasteiger partial charge on any atom is 0.416 e. The molecule has 194 valence electrons. The summed E-state index contributed by atoms with van der Waals surface area (Å²) in [6.07, 6.45) is -11.7. The van der Waals surface area contributed by atoms with Crippen molar-refractivity contribution in [3.8, 4) is 0 Å². The van der Waals surface area contributed by atoms with Crippen molar-refractivity contribution in [3.05, 3.63) is 70.8 Å². The second-order valence-electron chi connectivity index (χ2n) is 9.05. The molecule has 0 heterocycles. The van der Waals surface area contributed by atoms with E-state index >= 15 is 0 Å². The van der Waals surface area contributed by atoms with Crippen molar-refractivity contribution in [2.45, 2.75) is 63.8 Å². The monoisotopic (exact) mass is 506 g/mol. The summed E-state index contributed by atoms with van der Waals surface area (Å²) in [5, 5.41) is 15.9. The van der Waals surface area contributed by atoms with Crippen LogP contribution in [0.25, 0.3) is 0 Å². The van der Waals surface area contributed by atoms with Gasteiger partial charge in [-0.25, -0.2) is 4.79 Å². The molecule has 2 aromatic carbocycles. The van der Waals surface area contributed by atoms with Crippen LogP contribution in [-0.4, -0.2) is 35.5 Å². The minimum absolute atomic E-state index is 0.0546. The van der Waals surface area contributed by atoms with Crippen LogP contribution in [0.15, 0.2) is 48.5 Å². The zero-order chi connectivity index (χ0) is 26.4. The number of aliphatic hydroxyl groups excluding tert-OH is 1. The lowest BCUT2D eigenvalue weighted by Crippen LogP contribution is -2.49. The van der Waals surface area contributed by atoms with Crippen molar-refractivity contribution in [3.63, 3.8) is 0 Å². The third-order valence-electron chi connectivity index (χ3n) is 4.80. The molecule has 11 heteroatoms. The molecule has 1 amide bonds. The molecule has 3 N–H and O–H groups in total. The lowest BCUT2D eigenvalue weighted by Gasteiger charge is -2.27. The molecule has 0 unspecified atom stereocenters. The van der Waals surface area contributed by atoms with E-state index in [4.69, 9.17) is 4.74 Å². The van der Waals surface area contributed by atoms with Gasteiger partial charge in [-0.1, -0.05) is 30.3 Å². The van der Waals surface area contributed by atoms with Crippen LogP contribution >= 0.6 is 0 Å². The van der Waals surface area contributed by atoms with Crippen LogP contribution in [0, 0.1) is 0 Å². The van der Waals surface area contributed by atoms with Crippen LogP contribution < -0.4 is 10.6 Å². The molecule has 2 atom stereocenters. The Morgan fingerprint density at radius 2 is 1.46 bits per heavy atom. The molecule has 0 saturated heterocycles. The molecule has 0 spiro atoms. The Bertz CT molecular complexity index is 940. The highest BCUT2D eigenvalue weighted by Gasteiger charge is 2.37. The van der Waals surface area contributed by atoms with Gasteiger partial charge < -0.3 is 20.5 Å². The number of hydrogen-bond donors (Lipinski definition) is 3. The Balaban J connectivity index is 2.12. The maximum absolute atomic E-state index is 13.1. The summed E-state index contributed by atoms with van der Waals surface area (Å²) in [4.78, 5) is 12.2. The van der Waals surface area contributed by atoms with Gasteiger partial charge >= 0.3 is 18.4 Å². The summed E-state index contributed by atoms with van der Waals surface area (Å²) in [6.45, 7) is 4.42. The third kappa shape index (κ3) is 9.77. The van der Waals surface area contributed by atoms with Crippen molar-refractivity contribution < 1.29 is 41.0 Å². The Hall–Kier alpha value is -2.79. The van der Waals surface area contributed by atoms with Crippen molar-refractivity contribution in [1.29, 1.82) is 0 Å². The molecule has 0 saturated carbocycles. The van der Waals surface area contributed by atoms with Crippen LogP contribution in [0.2, 0.25) is 0 Å². The van der Waals surface area contributed by atoms with E-state index in [1.54, 1.807) is 51.1 Å². The van der Waals surface area contributed by atoms with Gasteiger partial charge in [-0.3, -0.25) is 0 Å². The van der Waals surface area contributed by atoms with E-state index in [9.17, 15) is 36.2 Å². The molecule has 0 aliphatic heterocycles. The summed E-state index contributed by atoms with van der Waals surface area (Å²) in [6, 6.07) is 9.36. The Kier molecular flexibility index (Phi) is 9.18. The van der Waals surface area contributed by atoms with E-state index in [1.807, 2.05) is 0 Å². The molecule has 2 rings (SSSR count). The number of ether oxygens (including phenoxy) is 1. The number of benzene rings is 2. The van der Waals surface area contributed by atoms with E-state index in [0.29, 0.717) is 12.1 Å². The second-order valence-corrected chi connectivity index (χ2v) is 9.05. The molecule has 0 fully saturated rings. The number of amides is 1. The number of nitrogens with one attached hydrogen (secondary N) is 2. The highest BCUT2D eigenvalue weighted by atomic mass is 19.4. The van der Waals surface area contributed by atoms with Gasteiger partial charge in [-0.15, -0.1) is 0 Å². The molecule has 0 aliphatic carbocycles. The lowest BCUT2D eigenvalue weighted by atomic mass is 10.0. The SMILES string of the molecule is CC(C)(C)OC(=O)N[C@@H](Cc1ccccc1)[C@H](O)CNCc1cc(C(F)(F)F)cc(C(F)(F)F)c1. The Labute approximate surface area is 199 Å². The van der Waals surface area contributed by atoms with E-state index in [1.165, 1.54) is 0 Å². The fraction of sp³-hybridized carbons (Fsp3) is 0.458. The van der Waals surface area contributed by atoms with E-state index in [2.05, 4.69) is 10.6 Å². The molecule has 0 aromatic heterocycles. The minimum Gasteiger partial charge on any atom is -0.444 e. The standard InChI is InChI=1S/C24H28F6N2O3/c1-22(2,3)35-21(34)32-19(11-15-7-5-4-6-8-15)20(33)14-31-13-16-9-17(23(25,26)27)12-18(10-16)24(28,29)30/h4-10,12,19-20,31,33H,11,13-14H2,1-3H3,(H,32,34)/t19-,20+/m0/s1. The fourth-order valence-electron chi connectivity index (χ4n) is 3.24. The second kappa shape index (κ2) is 11.3. The topological polar surface area (TPSA) is 70.6 Å². The van der Waals surface area contributed by atoms with Gasteiger partial charge in [0.2, 0.25) is 0 Å². The van der Waals surface area contributed by atoms with Crippen LogP contribution in [0.5, 0.6) is 0 Å². The first-order valence-corrected chi connectivity index (χ1v) is 10.7. The molecule has 35 heavy (non-hydrogen) atoms. The molecule has 0 radical (unpaired) electrons. The normalized spacial score (nSPS) is 14.3. The van der Waals surface area contributed by atoms with Crippen LogP contribution in [0.3, 0.4) is 0 Å². The molecule has 0 bridgehead atoms. The minimum atomic E-state index is -4.95. The number of alkyl carbamates (subject to hydrolysis) is 1. The Morgan fingerprint density at radius 3 is 1.94 bits per heavy atom. The fourth-order valence-corrected chi connectivity index (χ4v) is 3.24. The summed E-state index contributed by atoms with van der Waals surface area (Å²) in [7, 11) is 0. The number of carbonyl (C=O) groups excluding carboxylic acids is 1. The van der Waals surface area contributed by atoms with E-state index in [-0.39, 0.29) is 31.1 Å². The van der Waals surface area contributed by atoms with Gasteiger partial charge in [0.1, 0.15) is 5.60 Å². The van der Waals surface area contributed by atoms with Crippen LogP contribution in [-0.2, 0) is 30.1 Å².